The number of anilines is 1. The molecule has 1 N–H and O–H groups in total. The number of hydrogen-bond donors (Lipinski definition) is 1. The van der Waals surface area contributed by atoms with Crippen molar-refractivity contribution in [2.45, 2.75) is 6.54 Å². The Bertz CT molecular complexity index is 1300. The molecule has 0 atom stereocenters. The van der Waals surface area contributed by atoms with Gasteiger partial charge >= 0.3 is 0 Å². The summed E-state index contributed by atoms with van der Waals surface area (Å²) in [6, 6.07) is 13.3. The average Bonchev–Trinajstić information content (AvgIpc) is 3.53. The number of benzene rings is 1. The maximum atomic E-state index is 12.7. The van der Waals surface area contributed by atoms with Gasteiger partial charge in [-0.05, 0) is 42.5 Å². The van der Waals surface area contributed by atoms with Crippen LogP contribution in [0.3, 0.4) is 0 Å². The van der Waals surface area contributed by atoms with Crippen molar-refractivity contribution in [3.05, 3.63) is 88.8 Å². The summed E-state index contributed by atoms with van der Waals surface area (Å²) < 4.78 is 5.23. The smallest absolute Gasteiger partial charge is 0.261 e. The molecule has 4 heterocycles. The lowest BCUT2D eigenvalue weighted by Crippen LogP contribution is -2.28. The number of rotatable bonds is 5. The molecule has 8 nitrogen and oxygen atoms in total. The zero-order valence-electron chi connectivity index (χ0n) is 15.9. The molecule has 0 saturated carbocycles. The molecule has 0 saturated heterocycles. The highest BCUT2D eigenvalue weighted by molar-refractivity contribution is 7.14. The molecule has 1 aliphatic rings. The van der Waals surface area contributed by atoms with Gasteiger partial charge < -0.3 is 4.42 Å². The van der Waals surface area contributed by atoms with Crippen molar-refractivity contribution in [2.75, 3.05) is 5.32 Å². The van der Waals surface area contributed by atoms with E-state index in [-0.39, 0.29) is 23.2 Å². The van der Waals surface area contributed by atoms with Gasteiger partial charge in [0.05, 0.1) is 29.6 Å². The molecule has 3 amide bonds. The Balaban J connectivity index is 1.34. The Kier molecular flexibility index (Phi) is 4.64. The van der Waals surface area contributed by atoms with Crippen molar-refractivity contribution in [1.29, 1.82) is 0 Å². The SMILES string of the molecule is O=C(Nc1nc(-c2ccccn2)cs1)c1ccc2c(c1)C(=O)N(Cc1ccco1)C2=O. The number of hydrogen-bond acceptors (Lipinski definition) is 7. The highest BCUT2D eigenvalue weighted by atomic mass is 32.1. The van der Waals surface area contributed by atoms with Gasteiger partial charge in [0.1, 0.15) is 11.5 Å². The predicted molar refractivity (Wildman–Crippen MR) is 113 cm³/mol. The number of carbonyl (C=O) groups is 3. The van der Waals surface area contributed by atoms with Crippen LogP contribution < -0.4 is 5.32 Å². The van der Waals surface area contributed by atoms with Gasteiger partial charge in [0.2, 0.25) is 0 Å². The number of imide groups is 1. The van der Waals surface area contributed by atoms with Crippen LogP contribution in [0, 0.1) is 0 Å². The molecule has 0 bridgehead atoms. The van der Waals surface area contributed by atoms with Crippen LogP contribution >= 0.6 is 11.3 Å². The minimum absolute atomic E-state index is 0.0380. The summed E-state index contributed by atoms with van der Waals surface area (Å²) in [5.74, 6) is -0.796. The minimum atomic E-state index is -0.460. The largest absolute Gasteiger partial charge is 0.467 e. The summed E-state index contributed by atoms with van der Waals surface area (Å²) in [6.07, 6.45) is 3.15. The molecular weight excluding hydrogens is 416 g/mol. The number of pyridine rings is 1. The molecule has 152 valence electrons. The van der Waals surface area contributed by atoms with Crippen molar-refractivity contribution >= 4 is 34.2 Å². The molecule has 1 aliphatic heterocycles. The predicted octanol–water partition coefficient (Wildman–Crippen LogP) is 3.85. The molecule has 0 fully saturated rings. The van der Waals surface area contributed by atoms with E-state index in [9.17, 15) is 14.4 Å². The summed E-state index contributed by atoms with van der Waals surface area (Å²) in [5.41, 5.74) is 2.08. The Morgan fingerprint density at radius 2 is 1.90 bits per heavy atom. The summed E-state index contributed by atoms with van der Waals surface area (Å²) in [4.78, 5) is 47.8. The summed E-state index contributed by atoms with van der Waals surface area (Å²) in [5, 5.41) is 4.94. The van der Waals surface area contributed by atoms with Gasteiger partial charge in [-0.1, -0.05) is 6.07 Å². The molecule has 0 spiro atoms. The van der Waals surface area contributed by atoms with E-state index < -0.39 is 17.7 Å². The maximum absolute atomic E-state index is 12.7. The van der Waals surface area contributed by atoms with Gasteiger partial charge in [0.25, 0.3) is 17.7 Å². The van der Waals surface area contributed by atoms with Crippen LogP contribution in [0.15, 0.2) is 70.8 Å². The van der Waals surface area contributed by atoms with E-state index in [4.69, 9.17) is 4.42 Å². The standard InChI is InChI=1S/C22H14N4O4S/c27-19(25-22-24-18(12-31-22)17-5-1-2-8-23-17)13-6-7-15-16(10-13)21(29)26(20(15)28)11-14-4-3-9-30-14/h1-10,12H,11H2,(H,24,25,27). The number of fused-ring (bicyclic) bond motifs is 1. The van der Waals surface area contributed by atoms with Crippen molar-refractivity contribution in [1.82, 2.24) is 14.9 Å². The van der Waals surface area contributed by atoms with Crippen molar-refractivity contribution < 1.29 is 18.8 Å². The molecule has 5 rings (SSSR count). The molecule has 3 aromatic heterocycles. The van der Waals surface area contributed by atoms with E-state index in [0.29, 0.717) is 22.3 Å². The van der Waals surface area contributed by atoms with Crippen LogP contribution in [0.5, 0.6) is 0 Å². The molecular formula is C22H14N4O4S. The lowest BCUT2D eigenvalue weighted by atomic mass is 10.1. The first-order valence-corrected chi connectivity index (χ1v) is 10.2. The highest BCUT2D eigenvalue weighted by Crippen LogP contribution is 2.27. The highest BCUT2D eigenvalue weighted by Gasteiger charge is 2.36. The third-order valence-electron chi connectivity index (χ3n) is 4.78. The molecule has 9 heteroatoms. The zero-order chi connectivity index (χ0) is 21.4. The zero-order valence-corrected chi connectivity index (χ0v) is 16.8. The van der Waals surface area contributed by atoms with E-state index in [1.807, 2.05) is 18.2 Å². The monoisotopic (exact) mass is 430 g/mol. The van der Waals surface area contributed by atoms with E-state index in [1.54, 1.807) is 23.7 Å². The molecule has 4 aromatic rings. The third kappa shape index (κ3) is 3.51. The Morgan fingerprint density at radius 3 is 2.68 bits per heavy atom. The van der Waals surface area contributed by atoms with Crippen LogP contribution in [0.2, 0.25) is 0 Å². The van der Waals surface area contributed by atoms with Crippen LogP contribution in [0.1, 0.15) is 36.8 Å². The summed E-state index contributed by atoms with van der Waals surface area (Å²) in [6.45, 7) is 0.0380. The number of aromatic nitrogens is 2. The molecule has 31 heavy (non-hydrogen) atoms. The summed E-state index contributed by atoms with van der Waals surface area (Å²) >= 11 is 1.27. The topological polar surface area (TPSA) is 105 Å². The quantitative estimate of drug-likeness (QED) is 0.482. The Hall–Kier alpha value is -4.11. The van der Waals surface area contributed by atoms with Gasteiger partial charge in [-0.2, -0.15) is 0 Å². The maximum Gasteiger partial charge on any atom is 0.261 e. The van der Waals surface area contributed by atoms with E-state index in [0.717, 1.165) is 4.90 Å². The van der Waals surface area contributed by atoms with Crippen molar-refractivity contribution in [3.63, 3.8) is 0 Å². The fraction of sp³-hybridized carbons (Fsp3) is 0.0455. The first kappa shape index (κ1) is 18.9. The number of nitrogens with zero attached hydrogens (tertiary/aromatic N) is 3. The first-order chi connectivity index (χ1) is 15.1. The second-order valence-corrected chi connectivity index (χ2v) is 7.60. The summed E-state index contributed by atoms with van der Waals surface area (Å²) in [7, 11) is 0. The lowest BCUT2D eigenvalue weighted by Gasteiger charge is -2.11. The van der Waals surface area contributed by atoms with Crippen LogP contribution in [-0.4, -0.2) is 32.6 Å². The third-order valence-corrected chi connectivity index (χ3v) is 5.54. The van der Waals surface area contributed by atoms with Crippen LogP contribution in [0.4, 0.5) is 5.13 Å². The fourth-order valence-electron chi connectivity index (χ4n) is 3.27. The number of amides is 3. The second-order valence-electron chi connectivity index (χ2n) is 6.74. The molecule has 0 radical (unpaired) electrons. The first-order valence-electron chi connectivity index (χ1n) is 9.31. The lowest BCUT2D eigenvalue weighted by molar-refractivity contribution is 0.0631. The van der Waals surface area contributed by atoms with Crippen LogP contribution in [0.25, 0.3) is 11.4 Å². The molecule has 0 unspecified atom stereocenters. The average molecular weight is 430 g/mol. The number of furan rings is 1. The number of carbonyl (C=O) groups excluding carboxylic acids is 3. The van der Waals surface area contributed by atoms with Gasteiger partial charge in [-0.15, -0.1) is 11.3 Å². The Labute approximate surface area is 180 Å². The minimum Gasteiger partial charge on any atom is -0.467 e. The van der Waals surface area contributed by atoms with Crippen molar-refractivity contribution in [3.8, 4) is 11.4 Å². The second kappa shape index (κ2) is 7.62. The van der Waals surface area contributed by atoms with Crippen LogP contribution in [-0.2, 0) is 6.54 Å². The van der Waals surface area contributed by atoms with E-state index in [1.165, 1.54) is 35.8 Å². The van der Waals surface area contributed by atoms with E-state index in [2.05, 4.69) is 15.3 Å². The van der Waals surface area contributed by atoms with E-state index >= 15 is 0 Å². The normalized spacial score (nSPS) is 12.8. The van der Waals surface area contributed by atoms with Gasteiger partial charge in [0, 0.05) is 17.1 Å². The number of thiazole rings is 1. The van der Waals surface area contributed by atoms with Gasteiger partial charge in [0.15, 0.2) is 5.13 Å². The van der Waals surface area contributed by atoms with Gasteiger partial charge in [-0.3, -0.25) is 29.6 Å². The Morgan fingerprint density at radius 1 is 1.03 bits per heavy atom. The van der Waals surface area contributed by atoms with Gasteiger partial charge in [-0.25, -0.2) is 4.98 Å². The number of nitrogens with one attached hydrogen (secondary N) is 1. The molecule has 1 aromatic carbocycles. The fourth-order valence-corrected chi connectivity index (χ4v) is 3.97. The molecule has 0 aliphatic carbocycles. The van der Waals surface area contributed by atoms with Crippen molar-refractivity contribution in [2.24, 2.45) is 0 Å².